The van der Waals surface area contributed by atoms with Crippen LogP contribution in [0.1, 0.15) is 24.0 Å². The predicted octanol–water partition coefficient (Wildman–Crippen LogP) is 4.03. The van der Waals surface area contributed by atoms with Crippen molar-refractivity contribution < 1.29 is 4.79 Å². The van der Waals surface area contributed by atoms with Crippen LogP contribution in [0, 0.1) is 0 Å². The number of carbonyl (C=O) groups is 1. The highest BCUT2D eigenvalue weighted by atomic mass is 127. The van der Waals surface area contributed by atoms with Crippen molar-refractivity contribution in [2.45, 2.75) is 12.8 Å². The Morgan fingerprint density at radius 2 is 1.58 bits per heavy atom. The topological polar surface area (TPSA) is 78.4 Å². The monoisotopic (exact) mass is 529 g/mol. The summed E-state index contributed by atoms with van der Waals surface area (Å²) in [6.45, 7) is 3.38. The van der Waals surface area contributed by atoms with Gasteiger partial charge in [0.25, 0.3) is 0 Å². The molecular formula is C24H28IN5O. The number of aromatic nitrogens is 1. The van der Waals surface area contributed by atoms with Crippen LogP contribution in [0.4, 0.5) is 5.69 Å². The maximum Gasteiger partial charge on any atom is 0.246 e. The molecule has 0 saturated heterocycles. The van der Waals surface area contributed by atoms with Crippen LogP contribution in [0.15, 0.2) is 90.2 Å². The average Bonchev–Trinajstić information content (AvgIpc) is 2.79. The smallest absolute Gasteiger partial charge is 0.246 e. The van der Waals surface area contributed by atoms with E-state index in [1.54, 1.807) is 24.5 Å². The number of aliphatic imine (C=N–C) groups is 1. The van der Waals surface area contributed by atoms with E-state index < -0.39 is 0 Å². The van der Waals surface area contributed by atoms with E-state index in [9.17, 15) is 4.79 Å². The summed E-state index contributed by atoms with van der Waals surface area (Å²) in [5.41, 5.74) is 3.10. The van der Waals surface area contributed by atoms with Gasteiger partial charge in [-0.2, -0.15) is 0 Å². The van der Waals surface area contributed by atoms with Crippen LogP contribution < -0.4 is 16.0 Å². The third-order valence-corrected chi connectivity index (χ3v) is 4.55. The third kappa shape index (κ3) is 8.01. The van der Waals surface area contributed by atoms with E-state index in [0.717, 1.165) is 0 Å². The molecular weight excluding hydrogens is 501 g/mol. The maximum absolute atomic E-state index is 12.2. The normalized spacial score (nSPS) is 10.8. The van der Waals surface area contributed by atoms with Crippen LogP contribution >= 0.6 is 24.0 Å². The fourth-order valence-electron chi connectivity index (χ4n) is 3.13. The molecule has 3 rings (SSSR count). The van der Waals surface area contributed by atoms with Gasteiger partial charge in [0.2, 0.25) is 5.91 Å². The second-order valence-electron chi connectivity index (χ2n) is 6.74. The number of pyridine rings is 1. The van der Waals surface area contributed by atoms with Crippen molar-refractivity contribution in [2.24, 2.45) is 4.99 Å². The van der Waals surface area contributed by atoms with Gasteiger partial charge in [-0.3, -0.25) is 9.78 Å². The lowest BCUT2D eigenvalue weighted by Gasteiger charge is -2.20. The molecule has 0 saturated carbocycles. The van der Waals surface area contributed by atoms with E-state index in [4.69, 9.17) is 0 Å². The average molecular weight is 529 g/mol. The Bertz CT molecular complexity index is 896. The summed E-state index contributed by atoms with van der Waals surface area (Å²) in [5.74, 6) is 0.582. The third-order valence-electron chi connectivity index (χ3n) is 4.55. The Labute approximate surface area is 200 Å². The summed E-state index contributed by atoms with van der Waals surface area (Å²) in [6, 6.07) is 24.3. The highest BCUT2D eigenvalue weighted by molar-refractivity contribution is 14.0. The lowest BCUT2D eigenvalue weighted by atomic mass is 9.91. The maximum atomic E-state index is 12.2. The molecule has 7 heteroatoms. The van der Waals surface area contributed by atoms with Crippen molar-refractivity contribution in [1.82, 2.24) is 15.6 Å². The number of nitrogens with zero attached hydrogens (tertiary/aromatic N) is 2. The van der Waals surface area contributed by atoms with Crippen molar-refractivity contribution in [3.8, 4) is 0 Å². The molecule has 0 fully saturated rings. The Morgan fingerprint density at radius 1 is 0.935 bits per heavy atom. The van der Waals surface area contributed by atoms with Gasteiger partial charge in [-0.1, -0.05) is 60.7 Å². The van der Waals surface area contributed by atoms with Crippen LogP contribution in [0.3, 0.4) is 0 Å². The molecule has 3 aromatic rings. The summed E-state index contributed by atoms with van der Waals surface area (Å²) in [7, 11) is 0. The van der Waals surface area contributed by atoms with Gasteiger partial charge in [0.15, 0.2) is 5.96 Å². The first-order valence-corrected chi connectivity index (χ1v) is 10.1. The van der Waals surface area contributed by atoms with Gasteiger partial charge in [0, 0.05) is 25.2 Å². The molecule has 162 valence electrons. The Balaban J connectivity index is 0.00000341. The minimum Gasteiger partial charge on any atom is -0.357 e. The Morgan fingerprint density at radius 3 is 2.13 bits per heavy atom. The van der Waals surface area contributed by atoms with Gasteiger partial charge in [0.1, 0.15) is 6.54 Å². The number of halogens is 1. The minimum atomic E-state index is -0.192. The summed E-state index contributed by atoms with van der Waals surface area (Å²) in [4.78, 5) is 20.6. The molecule has 1 aromatic heterocycles. The lowest BCUT2D eigenvalue weighted by Crippen LogP contribution is -2.40. The van der Waals surface area contributed by atoms with Crippen molar-refractivity contribution in [3.05, 3.63) is 96.3 Å². The Hall–Kier alpha value is -2.94. The molecule has 31 heavy (non-hydrogen) atoms. The molecule has 0 bridgehead atoms. The Kier molecular flexibility index (Phi) is 10.5. The summed E-state index contributed by atoms with van der Waals surface area (Å²) >= 11 is 0. The van der Waals surface area contributed by atoms with E-state index in [-0.39, 0.29) is 42.3 Å². The summed E-state index contributed by atoms with van der Waals surface area (Å²) < 4.78 is 0. The number of amides is 1. The highest BCUT2D eigenvalue weighted by Crippen LogP contribution is 2.23. The van der Waals surface area contributed by atoms with E-state index in [1.165, 1.54) is 11.1 Å². The molecule has 0 aliphatic rings. The second kappa shape index (κ2) is 13.4. The highest BCUT2D eigenvalue weighted by Gasteiger charge is 2.14. The summed E-state index contributed by atoms with van der Waals surface area (Å²) in [6.07, 6.45) is 3.27. The first-order valence-electron chi connectivity index (χ1n) is 10.1. The van der Waals surface area contributed by atoms with Crippen LogP contribution in [0.2, 0.25) is 0 Å². The summed E-state index contributed by atoms with van der Waals surface area (Å²) in [5, 5.41) is 9.38. The minimum absolute atomic E-state index is 0. The molecule has 0 atom stereocenters. The van der Waals surface area contributed by atoms with Gasteiger partial charge in [-0.25, -0.2) is 4.99 Å². The van der Waals surface area contributed by atoms with Gasteiger partial charge in [0.05, 0.1) is 11.9 Å². The molecule has 0 spiro atoms. The molecule has 1 amide bonds. The molecule has 6 nitrogen and oxygen atoms in total. The number of benzene rings is 2. The molecule has 0 aliphatic carbocycles. The van der Waals surface area contributed by atoms with Crippen LogP contribution in [-0.4, -0.2) is 36.5 Å². The number of hydrogen-bond acceptors (Lipinski definition) is 3. The van der Waals surface area contributed by atoms with Gasteiger partial charge in [-0.05, 0) is 30.2 Å². The van der Waals surface area contributed by atoms with Crippen LogP contribution in [0.25, 0.3) is 0 Å². The molecule has 1 heterocycles. The fourth-order valence-corrected chi connectivity index (χ4v) is 3.13. The zero-order valence-electron chi connectivity index (χ0n) is 17.5. The molecule has 0 aliphatic heterocycles. The quantitative estimate of drug-likeness (QED) is 0.234. The molecule has 0 radical (unpaired) electrons. The predicted molar refractivity (Wildman–Crippen MR) is 137 cm³/mol. The molecule has 2 aromatic carbocycles. The van der Waals surface area contributed by atoms with Crippen LogP contribution in [-0.2, 0) is 4.79 Å². The van der Waals surface area contributed by atoms with E-state index in [2.05, 4.69) is 50.2 Å². The lowest BCUT2D eigenvalue weighted by molar-refractivity contribution is -0.114. The SMILES string of the molecule is CCNC(=NCC(=O)Nc1cccnc1)NCC(c1ccccc1)c1ccccc1.I. The van der Waals surface area contributed by atoms with Crippen LogP contribution in [0.5, 0.6) is 0 Å². The van der Waals surface area contributed by atoms with Gasteiger partial charge < -0.3 is 16.0 Å². The van der Waals surface area contributed by atoms with Crippen molar-refractivity contribution in [2.75, 3.05) is 25.0 Å². The first-order chi connectivity index (χ1) is 14.8. The number of rotatable bonds is 8. The number of nitrogens with one attached hydrogen (secondary N) is 3. The van der Waals surface area contributed by atoms with E-state index >= 15 is 0 Å². The molecule has 3 N–H and O–H groups in total. The zero-order chi connectivity index (χ0) is 21.0. The number of carbonyl (C=O) groups excluding carboxylic acids is 1. The largest absolute Gasteiger partial charge is 0.357 e. The van der Waals surface area contributed by atoms with Gasteiger partial charge >= 0.3 is 0 Å². The molecule has 0 unspecified atom stereocenters. The number of guanidine groups is 1. The standard InChI is InChI=1S/C24H27N5O.HI/c1-2-26-24(28-18-23(30)29-21-14-9-15-25-16-21)27-17-22(19-10-5-3-6-11-19)20-12-7-4-8-13-20;/h3-16,22H,2,17-18H2,1H3,(H,29,30)(H2,26,27,28);1H. The zero-order valence-corrected chi connectivity index (χ0v) is 19.8. The van der Waals surface area contributed by atoms with Crippen molar-refractivity contribution >= 4 is 41.5 Å². The van der Waals surface area contributed by atoms with E-state index in [1.807, 2.05) is 43.3 Å². The van der Waals surface area contributed by atoms with E-state index in [0.29, 0.717) is 24.7 Å². The van der Waals surface area contributed by atoms with Crippen molar-refractivity contribution in [3.63, 3.8) is 0 Å². The number of hydrogen-bond donors (Lipinski definition) is 3. The van der Waals surface area contributed by atoms with Gasteiger partial charge in [-0.15, -0.1) is 24.0 Å². The van der Waals surface area contributed by atoms with Crippen molar-refractivity contribution in [1.29, 1.82) is 0 Å². The number of anilines is 1. The fraction of sp³-hybridized carbons (Fsp3) is 0.208. The first kappa shape index (κ1) is 24.3. The second-order valence-corrected chi connectivity index (χ2v) is 6.74.